The molecular weight excluding hydrogens is 224 g/mol. The SMILES string of the molecule is Cc1ccc(S(=O)(=O)C(O)CCl)cc1. The van der Waals surface area contributed by atoms with Crippen LogP contribution in [0.3, 0.4) is 0 Å². The van der Waals surface area contributed by atoms with Crippen molar-refractivity contribution in [3.63, 3.8) is 0 Å². The third-order valence-corrected chi connectivity index (χ3v) is 4.13. The zero-order valence-corrected chi connectivity index (χ0v) is 9.22. The summed E-state index contributed by atoms with van der Waals surface area (Å²) in [7, 11) is -3.68. The van der Waals surface area contributed by atoms with Crippen molar-refractivity contribution in [1.82, 2.24) is 0 Å². The quantitative estimate of drug-likeness (QED) is 0.803. The molecule has 0 saturated carbocycles. The number of hydrogen-bond acceptors (Lipinski definition) is 3. The van der Waals surface area contributed by atoms with Crippen molar-refractivity contribution in [1.29, 1.82) is 0 Å². The van der Waals surface area contributed by atoms with Crippen molar-refractivity contribution in [2.45, 2.75) is 17.3 Å². The van der Waals surface area contributed by atoms with Gasteiger partial charge >= 0.3 is 0 Å². The second-order valence-electron chi connectivity index (χ2n) is 2.97. The van der Waals surface area contributed by atoms with E-state index < -0.39 is 15.3 Å². The molecule has 0 aliphatic carbocycles. The summed E-state index contributed by atoms with van der Waals surface area (Å²) in [5, 5.41) is 9.19. The monoisotopic (exact) mass is 234 g/mol. The van der Waals surface area contributed by atoms with Crippen LogP contribution in [-0.2, 0) is 9.84 Å². The van der Waals surface area contributed by atoms with Crippen LogP contribution in [0, 0.1) is 6.92 Å². The molecule has 0 saturated heterocycles. The maximum atomic E-state index is 11.5. The van der Waals surface area contributed by atoms with Crippen LogP contribution in [0.15, 0.2) is 29.2 Å². The maximum Gasteiger partial charge on any atom is 0.206 e. The Balaban J connectivity index is 3.11. The normalized spacial score (nSPS) is 13.9. The molecule has 0 heterocycles. The molecule has 0 amide bonds. The average Bonchev–Trinajstić information content (AvgIpc) is 2.17. The highest BCUT2D eigenvalue weighted by Gasteiger charge is 2.23. The van der Waals surface area contributed by atoms with E-state index in [-0.39, 0.29) is 10.8 Å². The summed E-state index contributed by atoms with van der Waals surface area (Å²) < 4.78 is 23.1. The molecule has 0 spiro atoms. The van der Waals surface area contributed by atoms with Crippen LogP contribution in [0.1, 0.15) is 5.56 Å². The van der Waals surface area contributed by atoms with E-state index in [2.05, 4.69) is 0 Å². The number of hydrogen-bond donors (Lipinski definition) is 1. The summed E-state index contributed by atoms with van der Waals surface area (Å²) in [4.78, 5) is 0.0938. The number of aliphatic hydroxyl groups excluding tert-OH is 1. The third-order valence-electron chi connectivity index (χ3n) is 1.84. The molecule has 1 unspecified atom stereocenters. The Morgan fingerprint density at radius 3 is 2.29 bits per heavy atom. The first kappa shape index (κ1) is 11.5. The van der Waals surface area contributed by atoms with E-state index in [0.29, 0.717) is 0 Å². The summed E-state index contributed by atoms with van der Waals surface area (Å²) in [6.07, 6.45) is 0. The topological polar surface area (TPSA) is 54.4 Å². The molecule has 0 fully saturated rings. The Hall–Kier alpha value is -0.580. The number of aliphatic hydroxyl groups is 1. The molecule has 14 heavy (non-hydrogen) atoms. The van der Waals surface area contributed by atoms with Gasteiger partial charge in [-0.2, -0.15) is 0 Å². The van der Waals surface area contributed by atoms with Gasteiger partial charge in [-0.15, -0.1) is 11.6 Å². The third kappa shape index (κ3) is 2.26. The van der Waals surface area contributed by atoms with E-state index in [4.69, 9.17) is 11.6 Å². The predicted octanol–water partition coefficient (Wildman–Crippen LogP) is 1.33. The van der Waals surface area contributed by atoms with Crippen molar-refractivity contribution in [3.8, 4) is 0 Å². The molecule has 78 valence electrons. The summed E-state index contributed by atoms with van der Waals surface area (Å²) >= 11 is 5.29. The molecule has 0 aliphatic rings. The van der Waals surface area contributed by atoms with Crippen molar-refractivity contribution in [3.05, 3.63) is 29.8 Å². The first-order chi connectivity index (χ1) is 6.48. The Morgan fingerprint density at radius 1 is 1.36 bits per heavy atom. The van der Waals surface area contributed by atoms with E-state index in [9.17, 15) is 13.5 Å². The van der Waals surface area contributed by atoms with Crippen LogP contribution in [0.4, 0.5) is 0 Å². The van der Waals surface area contributed by atoms with Gasteiger partial charge < -0.3 is 5.11 Å². The highest BCUT2D eigenvalue weighted by molar-refractivity contribution is 7.92. The zero-order chi connectivity index (χ0) is 10.8. The van der Waals surface area contributed by atoms with Crippen molar-refractivity contribution >= 4 is 21.4 Å². The van der Waals surface area contributed by atoms with Crippen molar-refractivity contribution in [2.75, 3.05) is 5.88 Å². The van der Waals surface area contributed by atoms with Crippen molar-refractivity contribution < 1.29 is 13.5 Å². The van der Waals surface area contributed by atoms with Gasteiger partial charge in [0.2, 0.25) is 9.84 Å². The van der Waals surface area contributed by atoms with Gasteiger partial charge in [-0.3, -0.25) is 0 Å². The second kappa shape index (κ2) is 4.29. The fourth-order valence-corrected chi connectivity index (χ4v) is 2.46. The molecule has 0 bridgehead atoms. The highest BCUT2D eigenvalue weighted by atomic mass is 35.5. The van der Waals surface area contributed by atoms with Gasteiger partial charge in [-0.1, -0.05) is 17.7 Å². The number of rotatable bonds is 3. The molecule has 0 aliphatic heterocycles. The highest BCUT2D eigenvalue weighted by Crippen LogP contribution is 2.16. The lowest BCUT2D eigenvalue weighted by atomic mass is 10.2. The summed E-state index contributed by atoms with van der Waals surface area (Å²) in [6, 6.07) is 6.27. The van der Waals surface area contributed by atoms with Gasteiger partial charge in [0, 0.05) is 0 Å². The van der Waals surface area contributed by atoms with E-state index >= 15 is 0 Å². The minimum Gasteiger partial charge on any atom is -0.376 e. The molecule has 3 nitrogen and oxygen atoms in total. The molecule has 5 heteroatoms. The Bertz CT molecular complexity index is 397. The number of alkyl halides is 1. The Kier molecular flexibility index (Phi) is 3.53. The lowest BCUT2D eigenvalue weighted by molar-refractivity contribution is 0.271. The molecule has 1 aromatic carbocycles. The first-order valence-corrected chi connectivity index (χ1v) is 6.11. The summed E-state index contributed by atoms with van der Waals surface area (Å²) in [6.45, 7) is 1.86. The summed E-state index contributed by atoms with van der Waals surface area (Å²) in [5.41, 5.74) is -0.573. The molecule has 0 radical (unpaired) electrons. The smallest absolute Gasteiger partial charge is 0.206 e. The van der Waals surface area contributed by atoms with Gasteiger partial charge in [0.05, 0.1) is 10.8 Å². The summed E-state index contributed by atoms with van der Waals surface area (Å²) in [5.74, 6) is -0.323. The number of aryl methyl sites for hydroxylation is 1. The molecule has 1 N–H and O–H groups in total. The van der Waals surface area contributed by atoms with Crippen LogP contribution in [0.2, 0.25) is 0 Å². The molecule has 1 rings (SSSR count). The maximum absolute atomic E-state index is 11.5. The van der Waals surface area contributed by atoms with Crippen LogP contribution in [0.5, 0.6) is 0 Å². The first-order valence-electron chi connectivity index (χ1n) is 4.03. The molecule has 1 aromatic rings. The second-order valence-corrected chi connectivity index (χ2v) is 5.38. The van der Waals surface area contributed by atoms with Crippen LogP contribution >= 0.6 is 11.6 Å². The molecular formula is C9H11ClO3S. The standard InChI is InChI=1S/C9H11ClO3S/c1-7-2-4-8(5-3-7)14(12,13)9(11)6-10/h2-5,9,11H,6H2,1H3. The van der Waals surface area contributed by atoms with Crippen LogP contribution in [0.25, 0.3) is 0 Å². The lowest BCUT2D eigenvalue weighted by Gasteiger charge is -2.08. The number of benzene rings is 1. The van der Waals surface area contributed by atoms with E-state index in [1.807, 2.05) is 6.92 Å². The van der Waals surface area contributed by atoms with Gasteiger partial charge in [-0.05, 0) is 19.1 Å². The number of halogens is 1. The Labute approximate surface area is 88.2 Å². The largest absolute Gasteiger partial charge is 0.376 e. The van der Waals surface area contributed by atoms with Gasteiger partial charge in [0.25, 0.3) is 0 Å². The zero-order valence-electron chi connectivity index (χ0n) is 7.64. The lowest BCUT2D eigenvalue weighted by Crippen LogP contribution is -2.22. The average molecular weight is 235 g/mol. The fourth-order valence-electron chi connectivity index (χ4n) is 0.968. The Morgan fingerprint density at radius 2 is 1.86 bits per heavy atom. The van der Waals surface area contributed by atoms with Gasteiger partial charge in [0.1, 0.15) is 0 Å². The number of sulfone groups is 1. The van der Waals surface area contributed by atoms with E-state index in [1.54, 1.807) is 12.1 Å². The molecule has 1 atom stereocenters. The fraction of sp³-hybridized carbons (Fsp3) is 0.333. The van der Waals surface area contributed by atoms with Gasteiger partial charge in [-0.25, -0.2) is 8.42 Å². The minimum atomic E-state index is -3.68. The van der Waals surface area contributed by atoms with E-state index in [0.717, 1.165) is 5.56 Å². The van der Waals surface area contributed by atoms with Crippen LogP contribution in [-0.4, -0.2) is 24.8 Å². The van der Waals surface area contributed by atoms with E-state index in [1.165, 1.54) is 12.1 Å². The predicted molar refractivity (Wildman–Crippen MR) is 55.1 cm³/mol. The van der Waals surface area contributed by atoms with Gasteiger partial charge in [0.15, 0.2) is 5.44 Å². The van der Waals surface area contributed by atoms with Crippen molar-refractivity contribution in [2.24, 2.45) is 0 Å². The minimum absolute atomic E-state index is 0.0938. The van der Waals surface area contributed by atoms with Crippen LogP contribution < -0.4 is 0 Å². The molecule has 0 aromatic heterocycles.